The molecule has 1 heteroatoms. The average Bonchev–Trinajstić information content (AvgIpc) is 2.41. The Balaban J connectivity index is 0.000000396. The van der Waals surface area contributed by atoms with Crippen molar-refractivity contribution in [2.75, 3.05) is 0 Å². The molecular weight excluding hydrogens is 160 g/mol. The molecule has 0 N–H and O–H groups in total. The molecule has 0 radical (unpaired) electrons. The second-order valence-corrected chi connectivity index (χ2v) is 3.65. The molecule has 0 fully saturated rings. The van der Waals surface area contributed by atoms with Gasteiger partial charge < -0.3 is 4.74 Å². The van der Waals surface area contributed by atoms with Crippen molar-refractivity contribution in [2.45, 2.75) is 39.7 Å². The lowest BCUT2D eigenvalue weighted by molar-refractivity contribution is 0.138. The van der Waals surface area contributed by atoms with Crippen LogP contribution in [0.3, 0.4) is 0 Å². The van der Waals surface area contributed by atoms with Gasteiger partial charge in [0.25, 0.3) is 0 Å². The van der Waals surface area contributed by atoms with Crippen LogP contribution >= 0.6 is 0 Å². The monoisotopic (exact) mass is 178 g/mol. The lowest BCUT2D eigenvalue weighted by atomic mass is 10.0. The zero-order valence-corrected chi connectivity index (χ0v) is 8.92. The molecule has 1 aromatic carbocycles. The van der Waals surface area contributed by atoms with Crippen molar-refractivity contribution in [1.29, 1.82) is 0 Å². The maximum Gasteiger partial charge on any atom is 0.123 e. The second-order valence-electron chi connectivity index (χ2n) is 3.65. The zero-order valence-electron chi connectivity index (χ0n) is 8.92. The van der Waals surface area contributed by atoms with E-state index in [2.05, 4.69) is 26.0 Å². The van der Waals surface area contributed by atoms with E-state index in [9.17, 15) is 0 Å². The van der Waals surface area contributed by atoms with Crippen molar-refractivity contribution in [1.82, 2.24) is 0 Å². The maximum atomic E-state index is 5.69. The fourth-order valence-electron chi connectivity index (χ4n) is 1.54. The highest BCUT2D eigenvalue weighted by molar-refractivity contribution is 5.38. The van der Waals surface area contributed by atoms with Crippen LogP contribution in [0.15, 0.2) is 24.3 Å². The zero-order chi connectivity index (χ0) is 9.90. The predicted molar refractivity (Wildman–Crippen MR) is 56.2 cm³/mol. The Morgan fingerprint density at radius 3 is 2.38 bits per heavy atom. The van der Waals surface area contributed by atoms with Gasteiger partial charge in [0.1, 0.15) is 11.4 Å². The van der Waals surface area contributed by atoms with Crippen LogP contribution in [0.25, 0.3) is 0 Å². The van der Waals surface area contributed by atoms with Gasteiger partial charge in [-0.15, -0.1) is 0 Å². The molecule has 1 aromatic rings. The minimum absolute atomic E-state index is 0.00366. The fraction of sp³-hybridized carbons (Fsp3) is 0.500. The van der Waals surface area contributed by atoms with Gasteiger partial charge in [0.15, 0.2) is 0 Å². The predicted octanol–water partition coefficient (Wildman–Crippen LogP) is 3.43. The fourth-order valence-corrected chi connectivity index (χ4v) is 1.54. The molecule has 0 saturated carbocycles. The molecule has 13 heavy (non-hydrogen) atoms. The summed E-state index contributed by atoms with van der Waals surface area (Å²) >= 11 is 0. The van der Waals surface area contributed by atoms with E-state index in [0.29, 0.717) is 0 Å². The average molecular weight is 178 g/mol. The van der Waals surface area contributed by atoms with E-state index >= 15 is 0 Å². The van der Waals surface area contributed by atoms with Crippen LogP contribution in [0, 0.1) is 0 Å². The van der Waals surface area contributed by atoms with Gasteiger partial charge in [0.2, 0.25) is 0 Å². The molecule has 0 aromatic heterocycles. The highest BCUT2D eigenvalue weighted by Crippen LogP contribution is 2.33. The molecule has 0 spiro atoms. The molecule has 1 aliphatic rings. The minimum Gasteiger partial charge on any atom is -0.487 e. The van der Waals surface area contributed by atoms with Crippen molar-refractivity contribution in [3.8, 4) is 5.75 Å². The van der Waals surface area contributed by atoms with Gasteiger partial charge in [-0.3, -0.25) is 0 Å². The number of ether oxygens (including phenoxy) is 1. The third-order valence-corrected chi connectivity index (χ3v) is 1.98. The van der Waals surface area contributed by atoms with Gasteiger partial charge in [0.05, 0.1) is 0 Å². The number of hydrogen-bond acceptors (Lipinski definition) is 1. The minimum atomic E-state index is 0.00366. The Kier molecular flexibility index (Phi) is 2.97. The van der Waals surface area contributed by atoms with Gasteiger partial charge in [0, 0.05) is 6.42 Å². The SMILES string of the molecule is CC.CC1(C)Cc2ccccc2O1. The molecule has 0 amide bonds. The molecule has 72 valence electrons. The van der Waals surface area contributed by atoms with Crippen LogP contribution in [0.1, 0.15) is 33.3 Å². The van der Waals surface area contributed by atoms with Gasteiger partial charge in [-0.2, -0.15) is 0 Å². The molecular formula is C12H18O. The number of hydrogen-bond donors (Lipinski definition) is 0. The van der Waals surface area contributed by atoms with E-state index in [1.807, 2.05) is 26.0 Å². The van der Waals surface area contributed by atoms with Crippen LogP contribution in [-0.2, 0) is 6.42 Å². The normalized spacial score (nSPS) is 16.6. The van der Waals surface area contributed by atoms with E-state index in [1.54, 1.807) is 0 Å². The van der Waals surface area contributed by atoms with Crippen LogP contribution in [0.5, 0.6) is 5.75 Å². The van der Waals surface area contributed by atoms with Gasteiger partial charge >= 0.3 is 0 Å². The summed E-state index contributed by atoms with van der Waals surface area (Å²) in [5, 5.41) is 0. The largest absolute Gasteiger partial charge is 0.487 e. The Bertz CT molecular complexity index is 249. The number of para-hydroxylation sites is 1. The molecule has 1 aliphatic heterocycles. The maximum absolute atomic E-state index is 5.69. The smallest absolute Gasteiger partial charge is 0.123 e. The molecule has 1 nitrogen and oxygen atoms in total. The van der Waals surface area contributed by atoms with E-state index < -0.39 is 0 Å². The van der Waals surface area contributed by atoms with Crippen LogP contribution in [0.4, 0.5) is 0 Å². The Labute approximate surface area is 80.7 Å². The summed E-state index contributed by atoms with van der Waals surface area (Å²) in [7, 11) is 0. The van der Waals surface area contributed by atoms with Gasteiger partial charge in [-0.25, -0.2) is 0 Å². The van der Waals surface area contributed by atoms with Crippen molar-refractivity contribution >= 4 is 0 Å². The van der Waals surface area contributed by atoms with E-state index in [1.165, 1.54) is 5.56 Å². The van der Waals surface area contributed by atoms with Crippen LogP contribution in [-0.4, -0.2) is 5.60 Å². The summed E-state index contributed by atoms with van der Waals surface area (Å²) in [5.41, 5.74) is 1.33. The van der Waals surface area contributed by atoms with Crippen molar-refractivity contribution in [2.24, 2.45) is 0 Å². The molecule has 0 atom stereocenters. The van der Waals surface area contributed by atoms with E-state index in [0.717, 1.165) is 12.2 Å². The topological polar surface area (TPSA) is 9.23 Å². The summed E-state index contributed by atoms with van der Waals surface area (Å²) in [5.74, 6) is 1.05. The highest BCUT2D eigenvalue weighted by atomic mass is 16.5. The molecule has 0 aliphatic carbocycles. The number of benzene rings is 1. The Hall–Kier alpha value is -0.980. The molecule has 1 heterocycles. The second kappa shape index (κ2) is 3.82. The third-order valence-electron chi connectivity index (χ3n) is 1.98. The third kappa shape index (κ3) is 2.24. The van der Waals surface area contributed by atoms with Crippen molar-refractivity contribution in [3.05, 3.63) is 29.8 Å². The van der Waals surface area contributed by atoms with E-state index in [4.69, 9.17) is 4.74 Å². The quantitative estimate of drug-likeness (QED) is 0.591. The molecule has 0 bridgehead atoms. The standard InChI is InChI=1S/C10H12O.C2H6/c1-10(2)7-8-5-3-4-6-9(8)11-10;1-2/h3-6H,7H2,1-2H3;1-2H3. The van der Waals surface area contributed by atoms with E-state index in [-0.39, 0.29) is 5.60 Å². The summed E-state index contributed by atoms with van der Waals surface area (Å²) in [4.78, 5) is 0. The Morgan fingerprint density at radius 1 is 1.15 bits per heavy atom. The first-order valence-corrected chi connectivity index (χ1v) is 4.94. The summed E-state index contributed by atoms with van der Waals surface area (Å²) < 4.78 is 5.69. The molecule has 2 rings (SSSR count). The summed E-state index contributed by atoms with van der Waals surface area (Å²) in [6, 6.07) is 8.23. The highest BCUT2D eigenvalue weighted by Gasteiger charge is 2.28. The number of rotatable bonds is 0. The van der Waals surface area contributed by atoms with Crippen molar-refractivity contribution in [3.63, 3.8) is 0 Å². The summed E-state index contributed by atoms with van der Waals surface area (Å²) in [6.45, 7) is 8.24. The molecule has 0 saturated heterocycles. The van der Waals surface area contributed by atoms with Gasteiger partial charge in [-0.1, -0.05) is 32.0 Å². The van der Waals surface area contributed by atoms with Crippen LogP contribution < -0.4 is 4.74 Å². The van der Waals surface area contributed by atoms with Crippen molar-refractivity contribution < 1.29 is 4.74 Å². The van der Waals surface area contributed by atoms with Gasteiger partial charge in [-0.05, 0) is 25.5 Å². The first-order valence-electron chi connectivity index (χ1n) is 4.94. The lowest BCUT2D eigenvalue weighted by Gasteiger charge is -2.16. The Morgan fingerprint density at radius 2 is 1.77 bits per heavy atom. The van der Waals surface area contributed by atoms with Crippen LogP contribution in [0.2, 0.25) is 0 Å². The molecule has 0 unspecified atom stereocenters. The number of fused-ring (bicyclic) bond motifs is 1. The lowest BCUT2D eigenvalue weighted by Crippen LogP contribution is -2.24. The first kappa shape index (κ1) is 10.1. The first-order chi connectivity index (χ1) is 6.17. The summed E-state index contributed by atoms with van der Waals surface area (Å²) in [6.07, 6.45) is 1.03.